The minimum absolute atomic E-state index is 0.0957. The Morgan fingerprint density at radius 3 is 1.50 bits per heavy atom. The molecule has 2 aromatic carbocycles. The molecule has 2 atom stereocenters. The van der Waals surface area contributed by atoms with Crippen molar-refractivity contribution in [1.29, 1.82) is 0 Å². The minimum atomic E-state index is -2.14. The van der Waals surface area contributed by atoms with E-state index in [-0.39, 0.29) is 48.0 Å². The number of aromatic hydroxyl groups is 2. The monoisotopic (exact) mass is 608 g/mol. The van der Waals surface area contributed by atoms with Crippen molar-refractivity contribution in [2.24, 2.45) is 0 Å². The van der Waals surface area contributed by atoms with Gasteiger partial charge in [-0.25, -0.2) is 0 Å². The molecule has 4 N–H and O–H groups in total. The van der Waals surface area contributed by atoms with Crippen LogP contribution in [0.5, 0.6) is 11.5 Å². The van der Waals surface area contributed by atoms with E-state index >= 15 is 0 Å². The number of phenolic OH excluding ortho intramolecular Hbond substituents is 2. The second-order valence-corrected chi connectivity index (χ2v) is 13.3. The highest BCUT2D eigenvalue weighted by atomic mass is 16.7. The molecule has 0 spiro atoms. The summed E-state index contributed by atoms with van der Waals surface area (Å²) >= 11 is 0. The molecule has 44 heavy (non-hydrogen) atoms. The molecule has 8 heteroatoms. The quantitative estimate of drug-likeness (QED) is 0.126. The van der Waals surface area contributed by atoms with Crippen molar-refractivity contribution in [3.05, 3.63) is 95.0 Å². The molecule has 0 aromatic heterocycles. The Morgan fingerprint density at radius 1 is 0.795 bits per heavy atom. The summed E-state index contributed by atoms with van der Waals surface area (Å²) in [6, 6.07) is 7.28. The van der Waals surface area contributed by atoms with Gasteiger partial charge in [-0.3, -0.25) is 9.59 Å². The van der Waals surface area contributed by atoms with Gasteiger partial charge in [0.15, 0.2) is 0 Å². The lowest BCUT2D eigenvalue weighted by Gasteiger charge is -2.25. The van der Waals surface area contributed by atoms with E-state index in [0.717, 1.165) is 40.5 Å². The fourth-order valence-corrected chi connectivity index (χ4v) is 4.68. The number of carbonyl (C=O) groups is 2. The highest BCUT2D eigenvalue weighted by Crippen LogP contribution is 2.35. The van der Waals surface area contributed by atoms with Crippen molar-refractivity contribution in [3.8, 4) is 11.5 Å². The zero-order valence-electron chi connectivity index (χ0n) is 27.3. The van der Waals surface area contributed by atoms with Crippen LogP contribution in [-0.2, 0) is 42.7 Å². The van der Waals surface area contributed by atoms with Crippen LogP contribution in [0.2, 0.25) is 0 Å². The molecule has 2 unspecified atom stereocenters. The van der Waals surface area contributed by atoms with Crippen LogP contribution in [0.3, 0.4) is 0 Å². The molecule has 0 fully saturated rings. The van der Waals surface area contributed by atoms with Crippen LogP contribution < -0.4 is 0 Å². The number of ether oxygens (including phenoxy) is 2. The number of benzene rings is 2. The lowest BCUT2D eigenvalue weighted by Crippen LogP contribution is -2.37. The minimum Gasteiger partial charge on any atom is -0.507 e. The zero-order chi connectivity index (χ0) is 33.6. The van der Waals surface area contributed by atoms with Gasteiger partial charge in [-0.1, -0.05) is 84.5 Å². The Labute approximate surface area is 261 Å². The predicted octanol–water partition coefficient (Wildman–Crippen LogP) is 6.27. The SMILES string of the molecule is C=CC(O)C(O)(C=C)C=C(OC(=O)CCc1cc(C)c(O)c(C(C)(C)C)c1)OC(=O)CCc1cc(C)c(O)c(C(C)(C)C)c1. The van der Waals surface area contributed by atoms with E-state index in [2.05, 4.69) is 13.2 Å². The normalized spacial score (nSPS) is 13.8. The van der Waals surface area contributed by atoms with E-state index < -0.39 is 29.6 Å². The predicted molar refractivity (Wildman–Crippen MR) is 171 cm³/mol. The summed E-state index contributed by atoms with van der Waals surface area (Å²) in [5, 5.41) is 42.2. The molecular formula is C36H48O8. The fourth-order valence-electron chi connectivity index (χ4n) is 4.68. The van der Waals surface area contributed by atoms with Gasteiger partial charge in [-0.2, -0.15) is 0 Å². The summed E-state index contributed by atoms with van der Waals surface area (Å²) < 4.78 is 10.8. The van der Waals surface area contributed by atoms with Crippen molar-refractivity contribution in [1.82, 2.24) is 0 Å². The average Bonchev–Trinajstić information content (AvgIpc) is 2.92. The molecule has 0 aliphatic rings. The van der Waals surface area contributed by atoms with Gasteiger partial charge in [0.25, 0.3) is 5.95 Å². The summed E-state index contributed by atoms with van der Waals surface area (Å²) in [5.74, 6) is -1.66. The molecule has 0 aliphatic heterocycles. The van der Waals surface area contributed by atoms with E-state index in [4.69, 9.17) is 9.47 Å². The number of hydrogen-bond donors (Lipinski definition) is 4. The molecule has 0 saturated carbocycles. The van der Waals surface area contributed by atoms with Gasteiger partial charge in [-0.05, 0) is 70.9 Å². The number of rotatable bonds is 12. The Hall–Kier alpha value is -3.88. The molecule has 0 bridgehead atoms. The fraction of sp³-hybridized carbons (Fsp3) is 0.444. The number of aliphatic hydroxyl groups excluding tert-OH is 1. The Bertz CT molecular complexity index is 1330. The van der Waals surface area contributed by atoms with Crippen LogP contribution in [0.25, 0.3) is 0 Å². The summed E-state index contributed by atoms with van der Waals surface area (Å²) in [4.78, 5) is 25.8. The van der Waals surface area contributed by atoms with E-state index in [9.17, 15) is 30.0 Å². The standard InChI is InChI=1S/C36H48O8/c1-11-28(37)36(42,12-2)21-31(43-29(38)15-13-24-17-22(3)32(40)26(19-24)34(5,6)7)44-30(39)16-14-25-18-23(4)33(41)27(20-25)35(8,9)10/h11-12,17-21,28,37,40-42H,1-2,13-16H2,3-10H3. The van der Waals surface area contributed by atoms with Gasteiger partial charge >= 0.3 is 11.9 Å². The lowest BCUT2D eigenvalue weighted by molar-refractivity contribution is -0.154. The van der Waals surface area contributed by atoms with E-state index in [0.29, 0.717) is 11.1 Å². The molecule has 0 heterocycles. The molecule has 2 aromatic rings. The molecule has 0 aliphatic carbocycles. The maximum absolute atomic E-state index is 12.9. The van der Waals surface area contributed by atoms with Crippen LogP contribution in [0.1, 0.15) is 87.8 Å². The van der Waals surface area contributed by atoms with Gasteiger partial charge in [0, 0.05) is 6.08 Å². The van der Waals surface area contributed by atoms with Crippen molar-refractivity contribution < 1.29 is 39.5 Å². The van der Waals surface area contributed by atoms with E-state index in [1.165, 1.54) is 0 Å². The largest absolute Gasteiger partial charge is 0.507 e. The van der Waals surface area contributed by atoms with Crippen LogP contribution in [0.15, 0.2) is 61.6 Å². The topological polar surface area (TPSA) is 134 Å². The van der Waals surface area contributed by atoms with Crippen LogP contribution >= 0.6 is 0 Å². The van der Waals surface area contributed by atoms with Crippen LogP contribution in [0, 0.1) is 13.8 Å². The average molecular weight is 609 g/mol. The second-order valence-electron chi connectivity index (χ2n) is 13.3. The Kier molecular flexibility index (Phi) is 11.8. The molecule has 8 nitrogen and oxygen atoms in total. The third-order valence-corrected chi connectivity index (χ3v) is 7.37. The molecule has 0 radical (unpaired) electrons. The van der Waals surface area contributed by atoms with Gasteiger partial charge < -0.3 is 29.9 Å². The van der Waals surface area contributed by atoms with Crippen LogP contribution in [0.4, 0.5) is 0 Å². The smallest absolute Gasteiger partial charge is 0.313 e. The highest BCUT2D eigenvalue weighted by molar-refractivity contribution is 5.73. The van der Waals surface area contributed by atoms with E-state index in [1.54, 1.807) is 26.0 Å². The molecule has 0 amide bonds. The molecule has 2 rings (SSSR count). The maximum Gasteiger partial charge on any atom is 0.313 e. The number of phenols is 2. The second kappa shape index (κ2) is 14.3. The first-order valence-corrected chi connectivity index (χ1v) is 14.7. The van der Waals surface area contributed by atoms with Gasteiger partial charge in [0.1, 0.15) is 23.2 Å². The van der Waals surface area contributed by atoms with Gasteiger partial charge in [-0.15, -0.1) is 6.58 Å². The summed E-state index contributed by atoms with van der Waals surface area (Å²) in [6.07, 6.45) is 1.83. The number of hydrogen-bond acceptors (Lipinski definition) is 8. The number of esters is 2. The Balaban J connectivity index is 2.26. The van der Waals surface area contributed by atoms with Gasteiger partial charge in [0.2, 0.25) is 0 Å². The highest BCUT2D eigenvalue weighted by Gasteiger charge is 2.31. The third-order valence-electron chi connectivity index (χ3n) is 7.37. The Morgan fingerprint density at radius 2 is 1.18 bits per heavy atom. The van der Waals surface area contributed by atoms with Crippen molar-refractivity contribution in [3.63, 3.8) is 0 Å². The maximum atomic E-state index is 12.9. The number of aryl methyl sites for hydroxylation is 4. The van der Waals surface area contributed by atoms with Crippen molar-refractivity contribution >= 4 is 11.9 Å². The van der Waals surface area contributed by atoms with Crippen molar-refractivity contribution in [2.45, 2.75) is 104 Å². The van der Waals surface area contributed by atoms with E-state index in [1.807, 2.05) is 53.7 Å². The first-order valence-electron chi connectivity index (χ1n) is 14.7. The number of aliphatic hydroxyl groups is 2. The van der Waals surface area contributed by atoms with Crippen LogP contribution in [-0.4, -0.2) is 44.1 Å². The lowest BCUT2D eigenvalue weighted by atomic mass is 9.83. The summed E-state index contributed by atoms with van der Waals surface area (Å²) in [7, 11) is 0. The molecule has 240 valence electrons. The zero-order valence-corrected chi connectivity index (χ0v) is 27.3. The molecule has 0 saturated heterocycles. The first kappa shape index (κ1) is 36.3. The summed E-state index contributed by atoms with van der Waals surface area (Å²) in [5.41, 5.74) is 1.73. The third kappa shape index (κ3) is 9.56. The van der Waals surface area contributed by atoms with Gasteiger partial charge in [0.05, 0.1) is 12.8 Å². The summed E-state index contributed by atoms with van der Waals surface area (Å²) in [6.45, 7) is 22.5. The van der Waals surface area contributed by atoms with Crippen molar-refractivity contribution in [2.75, 3.05) is 0 Å². The first-order chi connectivity index (χ1) is 20.2. The number of carbonyl (C=O) groups excluding carboxylic acids is 2. The molecular weight excluding hydrogens is 560 g/mol.